The summed E-state index contributed by atoms with van der Waals surface area (Å²) in [5, 5.41) is 9.35. The molecule has 1 aliphatic carbocycles. The molecule has 4 rings (SSSR count). The zero-order valence-corrected chi connectivity index (χ0v) is 15.6. The minimum absolute atomic E-state index is 0.279. The Morgan fingerprint density at radius 2 is 1.79 bits per heavy atom. The van der Waals surface area contributed by atoms with Gasteiger partial charge in [-0.05, 0) is 62.6 Å². The van der Waals surface area contributed by atoms with Crippen LogP contribution in [0.1, 0.15) is 30.7 Å². The van der Waals surface area contributed by atoms with Gasteiger partial charge in [0.25, 0.3) is 0 Å². The van der Waals surface area contributed by atoms with E-state index in [0.29, 0.717) is 36.0 Å². The van der Waals surface area contributed by atoms with Gasteiger partial charge in [0.05, 0.1) is 0 Å². The van der Waals surface area contributed by atoms with Crippen LogP contribution < -0.4 is 9.47 Å². The lowest BCUT2D eigenvalue weighted by Crippen LogP contribution is -2.50. The van der Waals surface area contributed by atoms with Crippen molar-refractivity contribution in [3.8, 4) is 23.0 Å². The Hall–Kier alpha value is -3.28. The summed E-state index contributed by atoms with van der Waals surface area (Å²) < 4.78 is 17.2. The highest BCUT2D eigenvalue weighted by Crippen LogP contribution is 2.37. The lowest BCUT2D eigenvalue weighted by atomic mass is 9.80. The number of rotatable bonds is 7. The van der Waals surface area contributed by atoms with Crippen LogP contribution in [0.25, 0.3) is 11.5 Å². The van der Waals surface area contributed by atoms with E-state index < -0.39 is 11.6 Å². The second kappa shape index (κ2) is 7.38. The van der Waals surface area contributed by atoms with E-state index in [1.807, 2.05) is 37.3 Å². The van der Waals surface area contributed by atoms with Crippen molar-refractivity contribution in [2.24, 2.45) is 0 Å². The lowest BCUT2D eigenvalue weighted by molar-refractivity contribution is -0.163. The van der Waals surface area contributed by atoms with Crippen LogP contribution in [-0.4, -0.2) is 21.7 Å². The number of aliphatic carboxylic acids is 1. The predicted octanol–water partition coefficient (Wildman–Crippen LogP) is 4.62. The molecule has 6 heteroatoms. The molecule has 144 valence electrons. The van der Waals surface area contributed by atoms with Gasteiger partial charge in [0.15, 0.2) is 0 Å². The summed E-state index contributed by atoms with van der Waals surface area (Å²) in [5.41, 5.74) is 0.578. The first-order chi connectivity index (χ1) is 13.6. The van der Waals surface area contributed by atoms with Gasteiger partial charge in [-0.3, -0.25) is 0 Å². The van der Waals surface area contributed by atoms with Gasteiger partial charge in [-0.1, -0.05) is 18.2 Å². The number of carbonyl (C=O) groups is 1. The van der Waals surface area contributed by atoms with Crippen LogP contribution in [0.3, 0.4) is 0 Å². The van der Waals surface area contributed by atoms with Gasteiger partial charge in [0, 0.05) is 5.56 Å². The number of aryl methyl sites for hydroxylation is 1. The van der Waals surface area contributed by atoms with Gasteiger partial charge in [-0.2, -0.15) is 0 Å². The SMILES string of the molecule is Cc1oc(-c2ccccc2)nc1COc1ccc(OC2(C(=O)O)CCC2)cc1. The van der Waals surface area contributed by atoms with Crippen molar-refractivity contribution in [3.63, 3.8) is 0 Å². The van der Waals surface area contributed by atoms with Gasteiger partial charge in [-0.25, -0.2) is 9.78 Å². The molecule has 6 nitrogen and oxygen atoms in total. The Balaban J connectivity index is 1.39. The molecular weight excluding hydrogens is 358 g/mol. The summed E-state index contributed by atoms with van der Waals surface area (Å²) in [6, 6.07) is 16.7. The molecule has 1 fully saturated rings. The fraction of sp³-hybridized carbons (Fsp3) is 0.273. The van der Waals surface area contributed by atoms with Crippen LogP contribution in [0.5, 0.6) is 11.5 Å². The number of nitrogens with zero attached hydrogens (tertiary/aromatic N) is 1. The molecule has 28 heavy (non-hydrogen) atoms. The van der Waals surface area contributed by atoms with Crippen molar-refractivity contribution < 1.29 is 23.8 Å². The molecule has 0 aliphatic heterocycles. The third kappa shape index (κ3) is 3.58. The van der Waals surface area contributed by atoms with E-state index in [2.05, 4.69) is 4.98 Å². The molecule has 2 aromatic carbocycles. The number of carboxylic acid groups (broad SMARTS) is 1. The van der Waals surface area contributed by atoms with Gasteiger partial charge < -0.3 is 19.0 Å². The normalized spacial score (nSPS) is 14.9. The third-order valence-corrected chi connectivity index (χ3v) is 4.98. The highest BCUT2D eigenvalue weighted by Gasteiger charge is 2.47. The Labute approximate surface area is 162 Å². The molecule has 1 heterocycles. The van der Waals surface area contributed by atoms with E-state index in [9.17, 15) is 9.90 Å². The Morgan fingerprint density at radius 1 is 1.11 bits per heavy atom. The van der Waals surface area contributed by atoms with Crippen LogP contribution in [0, 0.1) is 6.92 Å². The summed E-state index contributed by atoms with van der Waals surface area (Å²) >= 11 is 0. The largest absolute Gasteiger partial charge is 0.487 e. The molecule has 0 saturated heterocycles. The van der Waals surface area contributed by atoms with Gasteiger partial charge in [0.2, 0.25) is 11.5 Å². The van der Waals surface area contributed by atoms with Crippen molar-refractivity contribution in [2.75, 3.05) is 0 Å². The van der Waals surface area contributed by atoms with Crippen LogP contribution >= 0.6 is 0 Å². The zero-order valence-electron chi connectivity index (χ0n) is 15.6. The molecule has 0 bridgehead atoms. The van der Waals surface area contributed by atoms with Gasteiger partial charge in [-0.15, -0.1) is 0 Å². The fourth-order valence-corrected chi connectivity index (χ4v) is 3.10. The zero-order chi connectivity index (χ0) is 19.6. The van der Waals surface area contributed by atoms with E-state index in [-0.39, 0.29) is 6.61 Å². The predicted molar refractivity (Wildman–Crippen MR) is 102 cm³/mol. The van der Waals surface area contributed by atoms with Crippen LogP contribution in [-0.2, 0) is 11.4 Å². The molecule has 1 saturated carbocycles. The van der Waals surface area contributed by atoms with Crippen molar-refractivity contribution in [2.45, 2.75) is 38.4 Å². The monoisotopic (exact) mass is 379 g/mol. The first kappa shape index (κ1) is 18.1. The second-order valence-electron chi connectivity index (χ2n) is 6.90. The Kier molecular flexibility index (Phi) is 4.77. The van der Waals surface area contributed by atoms with Crippen LogP contribution in [0.15, 0.2) is 59.0 Å². The summed E-state index contributed by atoms with van der Waals surface area (Å²) in [6.45, 7) is 2.14. The topological polar surface area (TPSA) is 81.8 Å². The molecule has 0 atom stereocenters. The third-order valence-electron chi connectivity index (χ3n) is 4.98. The van der Waals surface area contributed by atoms with Gasteiger partial charge in [0.1, 0.15) is 29.6 Å². The maximum atomic E-state index is 11.4. The van der Waals surface area contributed by atoms with E-state index in [1.54, 1.807) is 24.3 Å². The lowest BCUT2D eigenvalue weighted by Gasteiger charge is -2.37. The number of aromatic nitrogens is 1. The molecule has 1 N–H and O–H groups in total. The maximum absolute atomic E-state index is 11.4. The molecule has 0 spiro atoms. The molecular formula is C22H21NO5. The average molecular weight is 379 g/mol. The minimum Gasteiger partial charge on any atom is -0.487 e. The summed E-state index contributed by atoms with van der Waals surface area (Å²) in [4.78, 5) is 15.9. The van der Waals surface area contributed by atoms with Crippen LogP contribution in [0.2, 0.25) is 0 Å². The molecule has 0 amide bonds. The van der Waals surface area contributed by atoms with Crippen molar-refractivity contribution in [3.05, 3.63) is 66.1 Å². The van der Waals surface area contributed by atoms with E-state index in [1.165, 1.54) is 0 Å². The molecule has 1 aromatic heterocycles. The first-order valence-corrected chi connectivity index (χ1v) is 9.23. The number of oxazole rings is 1. The molecule has 0 unspecified atom stereocenters. The van der Waals surface area contributed by atoms with Crippen molar-refractivity contribution in [1.82, 2.24) is 4.98 Å². The molecule has 1 aliphatic rings. The van der Waals surface area contributed by atoms with Crippen molar-refractivity contribution >= 4 is 5.97 Å². The average Bonchev–Trinajstić information content (AvgIpc) is 3.05. The smallest absolute Gasteiger partial charge is 0.348 e. The Bertz CT molecular complexity index is 958. The number of hydrogen-bond acceptors (Lipinski definition) is 5. The highest BCUT2D eigenvalue weighted by molar-refractivity contribution is 5.79. The fourth-order valence-electron chi connectivity index (χ4n) is 3.10. The van der Waals surface area contributed by atoms with E-state index in [4.69, 9.17) is 13.9 Å². The number of benzene rings is 2. The minimum atomic E-state index is -1.08. The van der Waals surface area contributed by atoms with E-state index >= 15 is 0 Å². The molecule has 0 radical (unpaired) electrons. The number of hydrogen-bond donors (Lipinski definition) is 1. The van der Waals surface area contributed by atoms with Gasteiger partial charge >= 0.3 is 5.97 Å². The number of carboxylic acids is 1. The first-order valence-electron chi connectivity index (χ1n) is 9.23. The summed E-state index contributed by atoms with van der Waals surface area (Å²) in [6.07, 6.45) is 1.95. The van der Waals surface area contributed by atoms with Crippen LogP contribution in [0.4, 0.5) is 0 Å². The second-order valence-corrected chi connectivity index (χ2v) is 6.90. The summed E-state index contributed by atoms with van der Waals surface area (Å²) in [7, 11) is 0. The standard InChI is InChI=1S/C22H21NO5/c1-15-19(23-20(27-15)16-6-3-2-4-7-16)14-26-17-8-10-18(11-9-17)28-22(21(24)25)12-5-13-22/h2-4,6-11H,5,12-14H2,1H3,(H,24,25). The number of ether oxygens (including phenoxy) is 2. The molecule has 3 aromatic rings. The van der Waals surface area contributed by atoms with Crippen molar-refractivity contribution in [1.29, 1.82) is 0 Å². The Morgan fingerprint density at radius 3 is 2.39 bits per heavy atom. The summed E-state index contributed by atoms with van der Waals surface area (Å²) in [5.74, 6) is 1.55. The maximum Gasteiger partial charge on any atom is 0.348 e. The quantitative estimate of drug-likeness (QED) is 0.645. The highest BCUT2D eigenvalue weighted by atomic mass is 16.5. The van der Waals surface area contributed by atoms with E-state index in [0.717, 1.165) is 17.7 Å².